The molecule has 3 aliphatic rings. The van der Waals surface area contributed by atoms with Gasteiger partial charge in [0.25, 0.3) is 5.91 Å². The number of aromatic nitrogens is 2. The summed E-state index contributed by atoms with van der Waals surface area (Å²) in [6, 6.07) is 13.0. The number of ether oxygens (including phenoxy) is 3. The second kappa shape index (κ2) is 19.5. The minimum absolute atomic E-state index is 0.0167. The first kappa shape index (κ1) is 47.9. The van der Waals surface area contributed by atoms with E-state index < -0.39 is 29.2 Å². The molecule has 18 heteroatoms. The van der Waals surface area contributed by atoms with Crippen LogP contribution >= 0.6 is 23.2 Å². The molecule has 5 amide bonds. The zero-order valence-electron chi connectivity index (χ0n) is 38.1. The Hall–Kier alpha value is -6.00. The van der Waals surface area contributed by atoms with Gasteiger partial charge in [0.2, 0.25) is 17.7 Å². The average molecular weight is 947 g/mol. The second-order valence-corrected chi connectivity index (χ2v) is 19.4. The predicted octanol–water partition coefficient (Wildman–Crippen LogP) is 8.42. The summed E-state index contributed by atoms with van der Waals surface area (Å²) < 4.78 is 33.2. The molecule has 2 N–H and O–H groups in total. The third-order valence-electron chi connectivity index (χ3n) is 11.3. The molecule has 0 aliphatic carbocycles. The van der Waals surface area contributed by atoms with E-state index in [0.29, 0.717) is 65.7 Å². The van der Waals surface area contributed by atoms with Gasteiger partial charge in [-0.2, -0.15) is 0 Å². The molecule has 2 aromatic heterocycles. The fraction of sp³-hybridized carbons (Fsp3) is 0.438. The van der Waals surface area contributed by atoms with Crippen LogP contribution in [0.4, 0.5) is 14.0 Å². The van der Waals surface area contributed by atoms with Gasteiger partial charge in [-0.1, -0.05) is 47.5 Å². The van der Waals surface area contributed by atoms with E-state index in [-0.39, 0.29) is 89.7 Å². The highest BCUT2D eigenvalue weighted by Crippen LogP contribution is 2.42. The number of benzene rings is 2. The van der Waals surface area contributed by atoms with Gasteiger partial charge in [-0.15, -0.1) is 0 Å². The lowest BCUT2D eigenvalue weighted by atomic mass is 9.98. The van der Waals surface area contributed by atoms with E-state index in [9.17, 15) is 24.0 Å². The van der Waals surface area contributed by atoms with Crippen LogP contribution in [0.5, 0.6) is 5.88 Å². The number of carbonyl (C=O) groups is 5. The van der Waals surface area contributed by atoms with Gasteiger partial charge in [-0.05, 0) is 78.1 Å². The maximum Gasteiger partial charge on any atom is 0.410 e. The third-order valence-corrected chi connectivity index (χ3v) is 12.1. The number of carbonyl (C=O) groups excluding carboxylic acids is 5. The lowest BCUT2D eigenvalue weighted by Gasteiger charge is -2.30. The summed E-state index contributed by atoms with van der Waals surface area (Å²) >= 11 is 14.3. The number of fused-ring (bicyclic) bond motifs is 1. The van der Waals surface area contributed by atoms with Crippen LogP contribution in [0.25, 0.3) is 33.6 Å². The van der Waals surface area contributed by atoms with Gasteiger partial charge in [0, 0.05) is 97.7 Å². The van der Waals surface area contributed by atoms with E-state index in [0.717, 1.165) is 5.56 Å². The Kier molecular flexibility index (Phi) is 14.1. The number of rotatable bonds is 13. The van der Waals surface area contributed by atoms with Crippen molar-refractivity contribution in [2.45, 2.75) is 104 Å². The molecule has 66 heavy (non-hydrogen) atoms. The van der Waals surface area contributed by atoms with Crippen molar-refractivity contribution in [1.82, 2.24) is 35.3 Å². The van der Waals surface area contributed by atoms with E-state index in [1.165, 1.54) is 18.1 Å². The van der Waals surface area contributed by atoms with Gasteiger partial charge in [0.15, 0.2) is 0 Å². The molecule has 0 radical (unpaired) electrons. The quantitative estimate of drug-likeness (QED) is 0.133. The predicted molar refractivity (Wildman–Crippen MR) is 246 cm³/mol. The molecule has 0 saturated carbocycles. The molecule has 3 aliphatic heterocycles. The van der Waals surface area contributed by atoms with Crippen LogP contribution in [0.15, 0.2) is 54.7 Å². The molecule has 7 rings (SSSR count). The number of methoxy groups -OCH3 is 1. The normalized spacial score (nSPS) is 17.1. The first-order chi connectivity index (χ1) is 31.2. The molecule has 2 fully saturated rings. The van der Waals surface area contributed by atoms with Gasteiger partial charge < -0.3 is 39.5 Å². The maximum atomic E-state index is 16.3. The number of amides is 5. The maximum absolute atomic E-state index is 16.3. The summed E-state index contributed by atoms with van der Waals surface area (Å²) in [5.74, 6) is -1.12. The Morgan fingerprint density at radius 3 is 2.03 bits per heavy atom. The third kappa shape index (κ3) is 11.2. The van der Waals surface area contributed by atoms with Crippen LogP contribution in [-0.4, -0.2) is 111 Å². The molecular formula is C48H54Cl2FN7O8. The molecule has 2 saturated heterocycles. The van der Waals surface area contributed by atoms with E-state index >= 15 is 4.39 Å². The van der Waals surface area contributed by atoms with Crippen LogP contribution in [0, 0.1) is 5.82 Å². The first-order valence-corrected chi connectivity index (χ1v) is 22.6. The van der Waals surface area contributed by atoms with Crippen molar-refractivity contribution >= 4 is 53.1 Å². The highest BCUT2D eigenvalue weighted by molar-refractivity contribution is 6.39. The zero-order chi connectivity index (χ0) is 47.7. The van der Waals surface area contributed by atoms with Crippen molar-refractivity contribution in [2.24, 2.45) is 0 Å². The van der Waals surface area contributed by atoms with Crippen LogP contribution in [-0.2, 0) is 32.2 Å². The Labute approximate surface area is 393 Å². The van der Waals surface area contributed by atoms with Crippen LogP contribution < -0.4 is 15.4 Å². The van der Waals surface area contributed by atoms with Gasteiger partial charge >= 0.3 is 12.2 Å². The minimum Gasteiger partial charge on any atom is -0.481 e. The van der Waals surface area contributed by atoms with Gasteiger partial charge in [0.1, 0.15) is 17.0 Å². The number of nitrogens with zero attached hydrogens (tertiary/aromatic N) is 5. The molecule has 0 spiro atoms. The summed E-state index contributed by atoms with van der Waals surface area (Å²) in [7, 11) is 1.35. The van der Waals surface area contributed by atoms with Crippen molar-refractivity contribution < 1.29 is 42.6 Å². The molecule has 5 heterocycles. The highest BCUT2D eigenvalue weighted by Gasteiger charge is 2.34. The fourth-order valence-corrected chi connectivity index (χ4v) is 8.82. The molecule has 4 aromatic rings. The largest absolute Gasteiger partial charge is 0.481 e. The summed E-state index contributed by atoms with van der Waals surface area (Å²) in [6.07, 6.45) is 2.25. The van der Waals surface area contributed by atoms with Gasteiger partial charge in [-0.3, -0.25) is 19.4 Å². The van der Waals surface area contributed by atoms with Crippen LogP contribution in [0.2, 0.25) is 10.0 Å². The van der Waals surface area contributed by atoms with Crippen molar-refractivity contribution in [2.75, 3.05) is 33.3 Å². The summed E-state index contributed by atoms with van der Waals surface area (Å²) in [5, 5.41) is 6.27. The van der Waals surface area contributed by atoms with Crippen molar-refractivity contribution in [3.05, 3.63) is 87.3 Å². The highest BCUT2D eigenvalue weighted by atomic mass is 35.5. The van der Waals surface area contributed by atoms with Gasteiger partial charge in [0.05, 0.1) is 40.7 Å². The molecule has 15 nitrogen and oxygen atoms in total. The number of hydrogen-bond acceptors (Lipinski definition) is 10. The van der Waals surface area contributed by atoms with Gasteiger partial charge in [-0.25, -0.2) is 19.0 Å². The Morgan fingerprint density at radius 1 is 0.818 bits per heavy atom. The van der Waals surface area contributed by atoms with E-state index in [2.05, 4.69) is 20.6 Å². The first-order valence-electron chi connectivity index (χ1n) is 21.8. The molecule has 0 bridgehead atoms. The summed E-state index contributed by atoms with van der Waals surface area (Å²) in [5.41, 5.74) is 2.49. The monoisotopic (exact) mass is 945 g/mol. The Balaban J connectivity index is 1.11. The standard InChI is InChI=1S/C48H54Cl2FN7O8/c1-47(2,3)65-45(62)57(24-29-12-15-38(59)53-29)20-19-56-23-28-21-27(11-14-31(28)44(56)61)42-41(50)33(17-18-52-42)32-9-8-10-34(40(32)49)37-22-36(51)35(43(55-37)64-7)26-58(46(63)66-48(4,5)6)25-30-13-16-39(60)54-30/h8-11,14,17-18,21-22,29-30H,12-13,15-16,19-20,23-26H2,1-7H3,(H,53,59)(H,54,60)/t29-,30-/m0/s1. The number of hydrogen-bond donors (Lipinski definition) is 2. The molecular weight excluding hydrogens is 892 g/mol. The Morgan fingerprint density at radius 2 is 1.42 bits per heavy atom. The fourth-order valence-electron chi connectivity index (χ4n) is 8.17. The summed E-state index contributed by atoms with van der Waals surface area (Å²) in [6.45, 7) is 11.4. The second-order valence-electron chi connectivity index (χ2n) is 18.7. The topological polar surface area (TPSA) is 173 Å². The van der Waals surface area contributed by atoms with E-state index in [1.54, 1.807) is 93.9 Å². The molecule has 2 aromatic carbocycles. The van der Waals surface area contributed by atoms with Crippen LogP contribution in [0.3, 0.4) is 0 Å². The van der Waals surface area contributed by atoms with Crippen LogP contribution in [0.1, 0.15) is 88.7 Å². The number of halogens is 3. The lowest BCUT2D eigenvalue weighted by Crippen LogP contribution is -2.47. The molecule has 2 atom stereocenters. The number of nitrogens with one attached hydrogen (secondary N) is 2. The average Bonchev–Trinajstić information content (AvgIpc) is 3.95. The number of pyridine rings is 2. The minimum atomic E-state index is -0.822. The Bertz CT molecular complexity index is 2560. The van der Waals surface area contributed by atoms with E-state index in [1.807, 2.05) is 6.07 Å². The SMILES string of the molecule is COc1nc(-c2cccc(-c3ccnc(-c4ccc5c(c4)CN(CCN(C[C@@H]4CCC(=O)N4)C(=O)OC(C)(C)C)C5=O)c3Cl)c2Cl)cc(F)c1CN(C[C@@H]1CCC(=O)N1)C(=O)OC(C)(C)C. The van der Waals surface area contributed by atoms with Crippen molar-refractivity contribution in [3.8, 4) is 39.5 Å². The van der Waals surface area contributed by atoms with E-state index in [4.69, 9.17) is 37.4 Å². The zero-order valence-corrected chi connectivity index (χ0v) is 39.6. The van der Waals surface area contributed by atoms with Crippen molar-refractivity contribution in [3.63, 3.8) is 0 Å². The molecule has 350 valence electrons. The lowest BCUT2D eigenvalue weighted by molar-refractivity contribution is -0.120. The molecule has 0 unspecified atom stereocenters. The van der Waals surface area contributed by atoms with Crippen molar-refractivity contribution in [1.29, 1.82) is 0 Å². The summed E-state index contributed by atoms with van der Waals surface area (Å²) in [4.78, 5) is 77.8. The smallest absolute Gasteiger partial charge is 0.410 e.